The average Bonchev–Trinajstić information content (AvgIpc) is 3.16. The summed E-state index contributed by atoms with van der Waals surface area (Å²) in [5.74, 6) is 1.80. The van der Waals surface area contributed by atoms with Crippen LogP contribution in [-0.2, 0) is 19.5 Å². The van der Waals surface area contributed by atoms with Crippen molar-refractivity contribution in [3.63, 3.8) is 0 Å². The first-order chi connectivity index (χ1) is 26.9. The minimum absolute atomic E-state index is 0.00533. The van der Waals surface area contributed by atoms with Crippen LogP contribution in [-0.4, -0.2) is 61.2 Å². The second kappa shape index (κ2) is 22.8. The van der Waals surface area contributed by atoms with Gasteiger partial charge in [-0.05, 0) is 83.3 Å². The molecule has 20 heteroatoms. The minimum atomic E-state index is -4.70. The minimum Gasteiger partial charge on any atom is -0.354 e. The van der Waals surface area contributed by atoms with Crippen LogP contribution < -0.4 is 21.3 Å². The zero-order valence-corrected chi connectivity index (χ0v) is 34.8. The number of rotatable bonds is 24. The van der Waals surface area contributed by atoms with Crippen molar-refractivity contribution in [3.05, 3.63) is 58.1 Å². The van der Waals surface area contributed by atoms with Crippen LogP contribution in [0.25, 0.3) is 12.2 Å². The fourth-order valence-electron chi connectivity index (χ4n) is 5.61. The standard InChI is InChI=1S/C36H48Cl2N10O6S2/c1-5-9-11-23(7-3)21-39-33-43-31(37)45-35(47-33)41-27-17-15-25(29(19-27)55-54-53-49)13-14-26-16-18-28(20-30(26)56(50,51)52)42-36-46-32(38)44-34(48-36)40-22-24(8-4)12-10-6-2/h13-20,23-24,49H,5-12,21-22H2,1-4H3,(H,50,51,52)(H2,39,41,43,45,47)(H2,40,42,44,46,48)/b14-13+. The molecule has 4 aromatic rings. The SMILES string of the molecule is CCCCC(CC)CNc1nc(Cl)nc(Nc2ccc(/C=C/c3ccc(Nc4nc(Cl)nc(NCC(CC)CCCC)n4)cc3S(=O)(=O)O)c(SOOO)c2)n1. The van der Waals surface area contributed by atoms with Gasteiger partial charge in [0.05, 0.1) is 12.0 Å². The number of nitrogens with one attached hydrogen (secondary N) is 4. The molecule has 6 N–H and O–H groups in total. The van der Waals surface area contributed by atoms with Crippen LogP contribution in [0.1, 0.15) is 90.2 Å². The molecule has 0 aliphatic carbocycles. The first-order valence-corrected chi connectivity index (χ1v) is 21.3. The fraction of sp³-hybridized carbons (Fsp3) is 0.444. The monoisotopic (exact) mass is 850 g/mol. The highest BCUT2D eigenvalue weighted by atomic mass is 35.5. The smallest absolute Gasteiger partial charge is 0.295 e. The van der Waals surface area contributed by atoms with E-state index in [1.807, 2.05) is 0 Å². The summed E-state index contributed by atoms with van der Waals surface area (Å²) in [5, 5.41) is 25.2. The van der Waals surface area contributed by atoms with Gasteiger partial charge in [0.15, 0.2) is 0 Å². The maximum absolute atomic E-state index is 12.6. The van der Waals surface area contributed by atoms with Gasteiger partial charge in [0.2, 0.25) is 34.4 Å². The predicted molar refractivity (Wildman–Crippen MR) is 222 cm³/mol. The third-order valence-corrected chi connectivity index (χ3v) is 10.7. The summed E-state index contributed by atoms with van der Waals surface area (Å²) in [4.78, 5) is 25.6. The molecular weight excluding hydrogens is 804 g/mol. The van der Waals surface area contributed by atoms with Crippen molar-refractivity contribution in [2.75, 3.05) is 34.4 Å². The molecule has 0 amide bonds. The van der Waals surface area contributed by atoms with Gasteiger partial charge in [-0.3, -0.25) is 4.55 Å². The van der Waals surface area contributed by atoms with Gasteiger partial charge in [0.25, 0.3) is 10.1 Å². The molecule has 16 nitrogen and oxygen atoms in total. The molecule has 2 aromatic heterocycles. The Morgan fingerprint density at radius 2 is 1.21 bits per heavy atom. The lowest BCUT2D eigenvalue weighted by atomic mass is 9.99. The van der Waals surface area contributed by atoms with Gasteiger partial charge in [-0.15, -0.1) is 4.33 Å². The van der Waals surface area contributed by atoms with Crippen molar-refractivity contribution in [2.24, 2.45) is 11.8 Å². The van der Waals surface area contributed by atoms with Crippen LogP contribution >= 0.6 is 35.2 Å². The summed E-state index contributed by atoms with van der Waals surface area (Å²) in [5.41, 5.74) is 1.51. The molecule has 0 saturated carbocycles. The number of hydrogen-bond donors (Lipinski definition) is 6. The third kappa shape index (κ3) is 14.6. The number of benzene rings is 2. The maximum atomic E-state index is 12.6. The largest absolute Gasteiger partial charge is 0.354 e. The topological polar surface area (TPSA) is 219 Å². The molecule has 2 unspecified atom stereocenters. The summed E-state index contributed by atoms with van der Waals surface area (Å²) in [6.07, 6.45) is 11.8. The summed E-state index contributed by atoms with van der Waals surface area (Å²) in [7, 11) is -4.70. The highest BCUT2D eigenvalue weighted by Gasteiger charge is 2.17. The Hall–Kier alpha value is -3.88. The number of anilines is 6. The molecule has 56 heavy (non-hydrogen) atoms. The summed E-state index contributed by atoms with van der Waals surface area (Å²) in [6, 6.07) is 9.44. The Bertz CT molecular complexity index is 2020. The lowest BCUT2D eigenvalue weighted by Crippen LogP contribution is -2.16. The molecule has 4 rings (SSSR count). The molecule has 0 aliphatic heterocycles. The number of nitrogens with zero attached hydrogens (tertiary/aromatic N) is 6. The van der Waals surface area contributed by atoms with E-state index in [4.69, 9.17) is 32.8 Å². The van der Waals surface area contributed by atoms with Crippen molar-refractivity contribution in [2.45, 2.75) is 88.9 Å². The van der Waals surface area contributed by atoms with Gasteiger partial charge in [0, 0.05) is 29.4 Å². The Morgan fingerprint density at radius 1 is 0.732 bits per heavy atom. The number of aromatic nitrogens is 6. The van der Waals surface area contributed by atoms with Gasteiger partial charge >= 0.3 is 0 Å². The Labute approximate surface area is 341 Å². The van der Waals surface area contributed by atoms with Crippen molar-refractivity contribution in [3.8, 4) is 0 Å². The molecule has 0 aliphatic rings. The van der Waals surface area contributed by atoms with E-state index in [1.165, 1.54) is 18.2 Å². The highest BCUT2D eigenvalue weighted by Crippen LogP contribution is 2.31. The van der Waals surface area contributed by atoms with Gasteiger partial charge in [-0.2, -0.15) is 38.3 Å². The van der Waals surface area contributed by atoms with Gasteiger partial charge < -0.3 is 21.3 Å². The van der Waals surface area contributed by atoms with Crippen LogP contribution in [0.4, 0.5) is 35.2 Å². The van der Waals surface area contributed by atoms with Gasteiger partial charge in [-0.1, -0.05) is 95.5 Å². The summed E-state index contributed by atoms with van der Waals surface area (Å²) >= 11 is 13.1. The van der Waals surface area contributed by atoms with E-state index in [-0.39, 0.29) is 44.6 Å². The normalized spacial score (nSPS) is 12.8. The molecular formula is C36H48Cl2N10O6S2. The van der Waals surface area contributed by atoms with E-state index in [9.17, 15) is 13.0 Å². The summed E-state index contributed by atoms with van der Waals surface area (Å²) in [6.45, 7) is 9.96. The van der Waals surface area contributed by atoms with E-state index in [0.29, 0.717) is 59.1 Å². The van der Waals surface area contributed by atoms with Crippen LogP contribution in [0.15, 0.2) is 46.2 Å². The van der Waals surface area contributed by atoms with Crippen molar-refractivity contribution in [1.82, 2.24) is 29.9 Å². The molecule has 2 atom stereocenters. The molecule has 304 valence electrons. The Morgan fingerprint density at radius 3 is 1.70 bits per heavy atom. The molecule has 0 spiro atoms. The number of unbranched alkanes of at least 4 members (excludes halogenated alkanes) is 2. The summed E-state index contributed by atoms with van der Waals surface area (Å²) < 4.78 is 40.0. The molecule has 2 aromatic carbocycles. The Balaban J connectivity index is 1.53. The van der Waals surface area contributed by atoms with E-state index >= 15 is 0 Å². The molecule has 0 radical (unpaired) electrons. The zero-order valence-electron chi connectivity index (χ0n) is 31.6. The van der Waals surface area contributed by atoms with E-state index < -0.39 is 10.1 Å². The van der Waals surface area contributed by atoms with E-state index in [1.54, 1.807) is 30.3 Å². The molecule has 2 heterocycles. The van der Waals surface area contributed by atoms with Crippen LogP contribution in [0.2, 0.25) is 10.6 Å². The lowest BCUT2D eigenvalue weighted by molar-refractivity contribution is -0.432. The van der Waals surface area contributed by atoms with Crippen LogP contribution in [0.3, 0.4) is 0 Å². The second-order valence-electron chi connectivity index (χ2n) is 12.9. The predicted octanol–water partition coefficient (Wildman–Crippen LogP) is 9.95. The third-order valence-electron chi connectivity index (χ3n) is 8.81. The average molecular weight is 852 g/mol. The van der Waals surface area contributed by atoms with Gasteiger partial charge in [0.1, 0.15) is 4.90 Å². The van der Waals surface area contributed by atoms with E-state index in [2.05, 4.69) is 83.9 Å². The van der Waals surface area contributed by atoms with Crippen LogP contribution in [0.5, 0.6) is 0 Å². The Kier molecular flexibility index (Phi) is 18.2. The lowest BCUT2D eigenvalue weighted by Gasteiger charge is -2.15. The molecule has 0 saturated heterocycles. The maximum Gasteiger partial charge on any atom is 0.295 e. The number of hydrogen-bond acceptors (Lipinski definition) is 16. The molecule has 0 bridgehead atoms. The fourth-order valence-corrected chi connectivity index (χ4v) is 7.15. The van der Waals surface area contributed by atoms with Crippen LogP contribution in [0, 0.1) is 11.8 Å². The highest BCUT2D eigenvalue weighted by molar-refractivity contribution is 7.94. The van der Waals surface area contributed by atoms with E-state index in [0.717, 1.165) is 51.4 Å². The van der Waals surface area contributed by atoms with Gasteiger partial charge in [-0.25, -0.2) is 5.26 Å². The first kappa shape index (κ1) is 44.8. The van der Waals surface area contributed by atoms with Crippen molar-refractivity contribution < 1.29 is 27.6 Å². The van der Waals surface area contributed by atoms with Crippen molar-refractivity contribution in [1.29, 1.82) is 0 Å². The second-order valence-corrected chi connectivity index (χ2v) is 15.7. The number of halogens is 2. The zero-order chi connectivity index (χ0) is 40.5. The first-order valence-electron chi connectivity index (χ1n) is 18.4. The molecule has 0 fully saturated rings. The quantitative estimate of drug-likeness (QED) is 0.0127. The van der Waals surface area contributed by atoms with Crippen molar-refractivity contribution >= 4 is 92.7 Å².